The molecule has 0 saturated carbocycles. The Bertz CT molecular complexity index is 1080. The van der Waals surface area contributed by atoms with Gasteiger partial charge in [-0.05, 0) is 72.0 Å². The van der Waals surface area contributed by atoms with Gasteiger partial charge in [-0.2, -0.15) is 13.2 Å². The Kier molecular flexibility index (Phi) is 6.95. The van der Waals surface area contributed by atoms with Gasteiger partial charge in [-0.3, -0.25) is 0 Å². The number of hydrogen-bond donors (Lipinski definition) is 1. The summed E-state index contributed by atoms with van der Waals surface area (Å²) in [5.74, 6) is 0.197. The van der Waals surface area contributed by atoms with Crippen LogP contribution in [0.4, 0.5) is 13.2 Å². The van der Waals surface area contributed by atoms with Gasteiger partial charge in [0.25, 0.3) is 0 Å². The molecular formula is C24H21F3O3S. The van der Waals surface area contributed by atoms with Crippen LogP contribution in [-0.4, -0.2) is 17.7 Å². The number of halogens is 3. The molecule has 0 aliphatic carbocycles. The Morgan fingerprint density at radius 1 is 0.935 bits per heavy atom. The molecule has 0 atom stereocenters. The van der Waals surface area contributed by atoms with Crippen molar-refractivity contribution in [3.05, 3.63) is 82.9 Å². The molecule has 1 N–H and O–H groups in total. The Balaban J connectivity index is 1.73. The third-order valence-corrected chi connectivity index (χ3v) is 5.83. The number of benzene rings is 3. The number of carbonyl (C=O) groups is 1. The van der Waals surface area contributed by atoms with Crippen molar-refractivity contribution in [3.63, 3.8) is 0 Å². The number of carboxylic acid groups (broad SMARTS) is 1. The predicted molar refractivity (Wildman–Crippen MR) is 115 cm³/mol. The van der Waals surface area contributed by atoms with Crippen LogP contribution in [0.15, 0.2) is 65.6 Å². The van der Waals surface area contributed by atoms with Crippen molar-refractivity contribution in [1.82, 2.24) is 0 Å². The van der Waals surface area contributed by atoms with Gasteiger partial charge in [-0.15, -0.1) is 11.8 Å². The summed E-state index contributed by atoms with van der Waals surface area (Å²) >= 11 is 1.62. The number of alkyl halides is 3. The molecule has 7 heteroatoms. The molecule has 3 aromatic rings. The summed E-state index contributed by atoms with van der Waals surface area (Å²) < 4.78 is 43.6. The fraction of sp³-hybridized carbons (Fsp3) is 0.208. The highest BCUT2D eigenvalue weighted by atomic mass is 32.2. The average Bonchev–Trinajstić information content (AvgIpc) is 2.72. The van der Waals surface area contributed by atoms with Crippen LogP contribution in [0.2, 0.25) is 0 Å². The SMILES string of the molecule is Cc1ccc(-c2ccc(C(F)(F)F)cc2)cc1CSc1ccc(OCC(=O)O)c(C)c1. The van der Waals surface area contributed by atoms with Gasteiger partial charge in [-0.25, -0.2) is 4.79 Å². The number of ether oxygens (including phenoxy) is 1. The molecule has 0 bridgehead atoms. The Morgan fingerprint density at radius 3 is 2.23 bits per heavy atom. The van der Waals surface area contributed by atoms with E-state index in [-0.39, 0.29) is 6.61 Å². The van der Waals surface area contributed by atoms with E-state index < -0.39 is 17.7 Å². The smallest absolute Gasteiger partial charge is 0.416 e. The van der Waals surface area contributed by atoms with Gasteiger partial charge >= 0.3 is 12.1 Å². The van der Waals surface area contributed by atoms with Crippen molar-refractivity contribution in [2.45, 2.75) is 30.7 Å². The van der Waals surface area contributed by atoms with Crippen molar-refractivity contribution in [1.29, 1.82) is 0 Å². The van der Waals surface area contributed by atoms with Crippen molar-refractivity contribution in [2.24, 2.45) is 0 Å². The van der Waals surface area contributed by atoms with E-state index in [9.17, 15) is 18.0 Å². The zero-order valence-corrected chi connectivity index (χ0v) is 17.8. The van der Waals surface area contributed by atoms with Crippen LogP contribution in [0.3, 0.4) is 0 Å². The maximum absolute atomic E-state index is 12.8. The van der Waals surface area contributed by atoms with Gasteiger partial charge in [0.15, 0.2) is 6.61 Å². The number of rotatable bonds is 7. The lowest BCUT2D eigenvalue weighted by atomic mass is 9.99. The number of aryl methyl sites for hydroxylation is 2. The van der Waals surface area contributed by atoms with Crippen molar-refractivity contribution in [2.75, 3.05) is 6.61 Å². The summed E-state index contributed by atoms with van der Waals surface area (Å²) in [6.07, 6.45) is -4.35. The first kappa shape index (κ1) is 22.7. The molecule has 31 heavy (non-hydrogen) atoms. The minimum atomic E-state index is -4.35. The highest BCUT2D eigenvalue weighted by Gasteiger charge is 2.29. The molecule has 0 aliphatic heterocycles. The summed E-state index contributed by atoms with van der Waals surface area (Å²) in [4.78, 5) is 11.7. The van der Waals surface area contributed by atoms with E-state index in [0.717, 1.165) is 44.8 Å². The molecule has 0 radical (unpaired) electrons. The highest BCUT2D eigenvalue weighted by molar-refractivity contribution is 7.98. The Morgan fingerprint density at radius 2 is 1.61 bits per heavy atom. The molecule has 0 spiro atoms. The van der Waals surface area contributed by atoms with Crippen LogP contribution in [0.25, 0.3) is 11.1 Å². The molecule has 0 heterocycles. The topological polar surface area (TPSA) is 46.5 Å². The fourth-order valence-corrected chi connectivity index (χ4v) is 4.09. The lowest BCUT2D eigenvalue weighted by Crippen LogP contribution is -2.09. The van der Waals surface area contributed by atoms with E-state index in [1.807, 2.05) is 44.2 Å². The van der Waals surface area contributed by atoms with Crippen LogP contribution < -0.4 is 4.74 Å². The predicted octanol–water partition coefficient (Wildman–Crippen LogP) is 6.74. The van der Waals surface area contributed by atoms with Gasteiger partial charge < -0.3 is 9.84 Å². The normalized spacial score (nSPS) is 11.4. The first-order valence-corrected chi connectivity index (χ1v) is 10.5. The molecule has 3 nitrogen and oxygen atoms in total. The molecule has 0 unspecified atom stereocenters. The second kappa shape index (κ2) is 9.47. The van der Waals surface area contributed by atoms with Gasteiger partial charge in [0.05, 0.1) is 5.56 Å². The summed E-state index contributed by atoms with van der Waals surface area (Å²) in [7, 11) is 0. The third kappa shape index (κ3) is 6.04. The van der Waals surface area contributed by atoms with E-state index in [0.29, 0.717) is 11.5 Å². The van der Waals surface area contributed by atoms with E-state index in [1.165, 1.54) is 12.1 Å². The second-order valence-corrected chi connectivity index (χ2v) is 8.16. The minimum Gasteiger partial charge on any atom is -0.482 e. The summed E-state index contributed by atoms with van der Waals surface area (Å²) in [6.45, 7) is 3.47. The molecule has 3 rings (SSSR count). The highest BCUT2D eigenvalue weighted by Crippen LogP contribution is 2.33. The largest absolute Gasteiger partial charge is 0.482 e. The van der Waals surface area contributed by atoms with Crippen molar-refractivity contribution < 1.29 is 27.8 Å². The molecule has 0 amide bonds. The lowest BCUT2D eigenvalue weighted by Gasteiger charge is -2.12. The standard InChI is InChI=1S/C24H21F3O3S/c1-15-3-4-18(17-5-7-20(8-6-17)24(25,26)27)12-19(15)14-31-21-9-10-22(16(2)11-21)30-13-23(28)29/h3-12H,13-14H2,1-2H3,(H,28,29). The zero-order chi connectivity index (χ0) is 22.6. The van der Waals surface area contributed by atoms with Crippen LogP contribution in [0, 0.1) is 13.8 Å². The van der Waals surface area contributed by atoms with E-state index >= 15 is 0 Å². The van der Waals surface area contributed by atoms with Gasteiger partial charge in [0.2, 0.25) is 0 Å². The summed E-state index contributed by atoms with van der Waals surface area (Å²) in [5, 5.41) is 8.73. The van der Waals surface area contributed by atoms with Gasteiger partial charge in [-0.1, -0.05) is 30.3 Å². The first-order chi connectivity index (χ1) is 14.6. The van der Waals surface area contributed by atoms with E-state index in [1.54, 1.807) is 17.8 Å². The quantitative estimate of drug-likeness (QED) is 0.408. The van der Waals surface area contributed by atoms with Crippen molar-refractivity contribution >= 4 is 17.7 Å². The maximum atomic E-state index is 12.8. The van der Waals surface area contributed by atoms with Crippen LogP contribution in [-0.2, 0) is 16.7 Å². The molecular weight excluding hydrogens is 425 g/mol. The number of aliphatic carboxylic acids is 1. The summed E-state index contributed by atoms with van der Waals surface area (Å²) in [6, 6.07) is 16.6. The molecule has 3 aromatic carbocycles. The Hall–Kier alpha value is -2.93. The van der Waals surface area contributed by atoms with E-state index in [4.69, 9.17) is 9.84 Å². The number of thioether (sulfide) groups is 1. The third-order valence-electron chi connectivity index (χ3n) is 4.79. The van der Waals surface area contributed by atoms with Crippen molar-refractivity contribution in [3.8, 4) is 16.9 Å². The first-order valence-electron chi connectivity index (χ1n) is 9.48. The summed E-state index contributed by atoms with van der Waals surface area (Å²) in [5.41, 5.74) is 3.97. The lowest BCUT2D eigenvalue weighted by molar-refractivity contribution is -0.139. The van der Waals surface area contributed by atoms with Gasteiger partial charge in [0.1, 0.15) is 5.75 Å². The maximum Gasteiger partial charge on any atom is 0.416 e. The number of carboxylic acids is 1. The van der Waals surface area contributed by atoms with Crippen LogP contribution in [0.1, 0.15) is 22.3 Å². The van der Waals surface area contributed by atoms with E-state index in [2.05, 4.69) is 0 Å². The Labute approximate surface area is 182 Å². The second-order valence-electron chi connectivity index (χ2n) is 7.11. The van der Waals surface area contributed by atoms with Crippen LogP contribution >= 0.6 is 11.8 Å². The molecule has 0 aliphatic rings. The van der Waals surface area contributed by atoms with Crippen LogP contribution in [0.5, 0.6) is 5.75 Å². The number of hydrogen-bond acceptors (Lipinski definition) is 3. The fourth-order valence-electron chi connectivity index (χ4n) is 3.03. The van der Waals surface area contributed by atoms with Gasteiger partial charge in [0, 0.05) is 10.6 Å². The molecule has 0 fully saturated rings. The monoisotopic (exact) mass is 446 g/mol. The molecule has 0 aromatic heterocycles. The molecule has 0 saturated heterocycles. The molecule has 162 valence electrons. The zero-order valence-electron chi connectivity index (χ0n) is 17.0. The average molecular weight is 446 g/mol. The minimum absolute atomic E-state index is 0.386.